The van der Waals surface area contributed by atoms with E-state index in [2.05, 4.69) is 5.32 Å². The summed E-state index contributed by atoms with van der Waals surface area (Å²) in [4.78, 5) is 27.5. The Balaban J connectivity index is 2.10. The summed E-state index contributed by atoms with van der Waals surface area (Å²) in [6, 6.07) is 12.9. The van der Waals surface area contributed by atoms with Gasteiger partial charge in [0.2, 0.25) is 11.8 Å². The molecule has 0 fully saturated rings. The van der Waals surface area contributed by atoms with Crippen LogP contribution in [0.2, 0.25) is 10.0 Å². The van der Waals surface area contributed by atoms with E-state index in [1.165, 1.54) is 49.4 Å². The molecule has 3 aromatic carbocycles. The standard InChI is InChI=1S/C28H28Cl2F3N3O4S/c1-4-34-27(38)19(3)35(16-20-10-13-24(29)25(30)14-20)26(37)17-36(22-7-5-6-21(15-22)28(31,32)33)41(39,40)23-11-8-18(2)9-12-23/h5-15,19H,4,16-17H2,1-3H3,(H,34,38). The number of hydrogen-bond donors (Lipinski definition) is 1. The third kappa shape index (κ3) is 7.93. The highest BCUT2D eigenvalue weighted by molar-refractivity contribution is 7.92. The molecule has 0 bridgehead atoms. The minimum atomic E-state index is -4.76. The van der Waals surface area contributed by atoms with E-state index in [0.717, 1.165) is 22.6 Å². The fraction of sp³-hybridized carbons (Fsp3) is 0.286. The zero-order valence-corrected chi connectivity index (χ0v) is 24.7. The van der Waals surface area contributed by atoms with Gasteiger partial charge in [0, 0.05) is 13.1 Å². The molecule has 1 N–H and O–H groups in total. The fourth-order valence-electron chi connectivity index (χ4n) is 3.94. The first kappa shape index (κ1) is 32.2. The number of benzene rings is 3. The number of alkyl halides is 3. The average Bonchev–Trinajstić information content (AvgIpc) is 2.91. The lowest BCUT2D eigenvalue weighted by Crippen LogP contribution is -2.51. The predicted molar refractivity (Wildman–Crippen MR) is 152 cm³/mol. The van der Waals surface area contributed by atoms with E-state index in [-0.39, 0.29) is 33.7 Å². The monoisotopic (exact) mass is 629 g/mol. The molecule has 1 atom stereocenters. The Hall–Kier alpha value is -3.28. The zero-order valence-electron chi connectivity index (χ0n) is 22.4. The van der Waals surface area contributed by atoms with Crippen molar-refractivity contribution in [2.24, 2.45) is 0 Å². The van der Waals surface area contributed by atoms with Crippen LogP contribution in [0, 0.1) is 6.92 Å². The first-order valence-electron chi connectivity index (χ1n) is 12.4. The molecule has 2 amide bonds. The van der Waals surface area contributed by atoms with Gasteiger partial charge in [-0.1, -0.05) is 53.0 Å². The van der Waals surface area contributed by atoms with Gasteiger partial charge < -0.3 is 10.2 Å². The van der Waals surface area contributed by atoms with Crippen molar-refractivity contribution in [1.29, 1.82) is 0 Å². The Morgan fingerprint density at radius 2 is 1.63 bits per heavy atom. The van der Waals surface area contributed by atoms with Gasteiger partial charge in [-0.05, 0) is 68.8 Å². The van der Waals surface area contributed by atoms with E-state index in [4.69, 9.17) is 23.2 Å². The third-order valence-corrected chi connectivity index (χ3v) is 8.73. The van der Waals surface area contributed by atoms with E-state index < -0.39 is 46.2 Å². The normalized spacial score (nSPS) is 12.5. The number of anilines is 1. The molecule has 0 radical (unpaired) electrons. The molecule has 0 spiro atoms. The van der Waals surface area contributed by atoms with Gasteiger partial charge in [-0.25, -0.2) is 8.42 Å². The summed E-state index contributed by atoms with van der Waals surface area (Å²) in [5, 5.41) is 3.09. The molecular formula is C28H28Cl2F3N3O4S. The van der Waals surface area contributed by atoms with Gasteiger partial charge in [-0.3, -0.25) is 13.9 Å². The van der Waals surface area contributed by atoms with Crippen LogP contribution in [0.5, 0.6) is 0 Å². The second kappa shape index (κ2) is 13.1. The molecule has 0 saturated carbocycles. The molecule has 0 aliphatic carbocycles. The van der Waals surface area contributed by atoms with E-state index in [0.29, 0.717) is 15.9 Å². The molecule has 0 saturated heterocycles. The van der Waals surface area contributed by atoms with Crippen LogP contribution < -0.4 is 9.62 Å². The topological polar surface area (TPSA) is 86.8 Å². The fourth-order valence-corrected chi connectivity index (χ4v) is 5.67. The van der Waals surface area contributed by atoms with Gasteiger partial charge >= 0.3 is 6.18 Å². The summed E-state index contributed by atoms with van der Waals surface area (Å²) in [6.45, 7) is 4.13. The molecule has 0 aromatic heterocycles. The van der Waals surface area contributed by atoms with Gasteiger partial charge in [0.25, 0.3) is 10.0 Å². The lowest BCUT2D eigenvalue weighted by Gasteiger charge is -2.32. The minimum absolute atomic E-state index is 0.158. The molecule has 41 heavy (non-hydrogen) atoms. The predicted octanol–water partition coefficient (Wildman–Crippen LogP) is 6.07. The molecule has 3 aromatic rings. The SMILES string of the molecule is CCNC(=O)C(C)N(Cc1ccc(Cl)c(Cl)c1)C(=O)CN(c1cccc(C(F)(F)F)c1)S(=O)(=O)c1ccc(C)cc1. The quantitative estimate of drug-likeness (QED) is 0.295. The molecular weight excluding hydrogens is 602 g/mol. The number of carbonyl (C=O) groups is 2. The lowest BCUT2D eigenvalue weighted by atomic mass is 10.1. The van der Waals surface area contributed by atoms with Crippen LogP contribution in [0.1, 0.15) is 30.5 Å². The summed E-state index contributed by atoms with van der Waals surface area (Å²) in [7, 11) is -4.52. The number of aryl methyl sites for hydroxylation is 1. The van der Waals surface area contributed by atoms with Crippen molar-refractivity contribution in [3.8, 4) is 0 Å². The van der Waals surface area contributed by atoms with Gasteiger partial charge in [0.1, 0.15) is 12.6 Å². The maximum absolute atomic E-state index is 13.8. The number of sulfonamides is 1. The molecule has 0 heterocycles. The Labute approximate surface area is 246 Å². The van der Waals surface area contributed by atoms with Crippen LogP contribution in [-0.4, -0.2) is 44.3 Å². The van der Waals surface area contributed by atoms with E-state index in [1.54, 1.807) is 19.9 Å². The van der Waals surface area contributed by atoms with Crippen molar-refractivity contribution in [2.45, 2.75) is 44.4 Å². The Kier molecular flexibility index (Phi) is 10.3. The highest BCUT2D eigenvalue weighted by Crippen LogP contribution is 2.33. The number of nitrogens with zero attached hydrogens (tertiary/aromatic N) is 2. The van der Waals surface area contributed by atoms with E-state index >= 15 is 0 Å². The Bertz CT molecular complexity index is 1520. The van der Waals surface area contributed by atoms with Crippen LogP contribution in [0.4, 0.5) is 18.9 Å². The molecule has 0 aliphatic heterocycles. The van der Waals surface area contributed by atoms with Crippen LogP contribution in [-0.2, 0) is 32.3 Å². The second-order valence-electron chi connectivity index (χ2n) is 9.21. The molecule has 7 nitrogen and oxygen atoms in total. The molecule has 0 aliphatic rings. The highest BCUT2D eigenvalue weighted by atomic mass is 35.5. The first-order chi connectivity index (χ1) is 19.1. The number of nitrogens with one attached hydrogen (secondary N) is 1. The number of carbonyl (C=O) groups excluding carboxylic acids is 2. The van der Waals surface area contributed by atoms with Crippen molar-refractivity contribution in [3.63, 3.8) is 0 Å². The number of likely N-dealkylation sites (N-methyl/N-ethyl adjacent to an activating group) is 1. The largest absolute Gasteiger partial charge is 0.416 e. The van der Waals surface area contributed by atoms with Crippen LogP contribution >= 0.6 is 23.2 Å². The summed E-state index contributed by atoms with van der Waals surface area (Å²) < 4.78 is 68.8. The molecule has 13 heteroatoms. The zero-order chi connectivity index (χ0) is 30.5. The van der Waals surface area contributed by atoms with Gasteiger partial charge in [0.05, 0.1) is 26.2 Å². The maximum atomic E-state index is 13.8. The summed E-state index contributed by atoms with van der Waals surface area (Å²) in [5.74, 6) is -1.34. The van der Waals surface area contributed by atoms with Crippen molar-refractivity contribution in [2.75, 3.05) is 17.4 Å². The van der Waals surface area contributed by atoms with Crippen molar-refractivity contribution < 1.29 is 31.2 Å². The molecule has 220 valence electrons. The number of rotatable bonds is 10. The van der Waals surface area contributed by atoms with Crippen molar-refractivity contribution >= 4 is 50.7 Å². The lowest BCUT2D eigenvalue weighted by molar-refractivity contribution is -0.139. The number of halogens is 5. The molecule has 1 unspecified atom stereocenters. The van der Waals surface area contributed by atoms with E-state index in [1.807, 2.05) is 0 Å². The second-order valence-corrected chi connectivity index (χ2v) is 11.9. The Morgan fingerprint density at radius 1 is 0.976 bits per heavy atom. The Morgan fingerprint density at radius 3 is 2.22 bits per heavy atom. The van der Waals surface area contributed by atoms with Crippen molar-refractivity contribution in [1.82, 2.24) is 10.2 Å². The summed E-state index contributed by atoms with van der Waals surface area (Å²) in [5.41, 5.74) is -0.200. The summed E-state index contributed by atoms with van der Waals surface area (Å²) >= 11 is 12.1. The molecule has 3 rings (SSSR count). The van der Waals surface area contributed by atoms with Gasteiger partial charge in [0.15, 0.2) is 0 Å². The van der Waals surface area contributed by atoms with Crippen molar-refractivity contribution in [3.05, 3.63) is 93.5 Å². The number of hydrogen-bond acceptors (Lipinski definition) is 4. The van der Waals surface area contributed by atoms with Crippen LogP contribution in [0.15, 0.2) is 71.6 Å². The maximum Gasteiger partial charge on any atom is 0.416 e. The van der Waals surface area contributed by atoms with Crippen LogP contribution in [0.3, 0.4) is 0 Å². The third-order valence-electron chi connectivity index (χ3n) is 6.20. The van der Waals surface area contributed by atoms with Crippen LogP contribution in [0.25, 0.3) is 0 Å². The van der Waals surface area contributed by atoms with Gasteiger partial charge in [-0.15, -0.1) is 0 Å². The van der Waals surface area contributed by atoms with E-state index in [9.17, 15) is 31.2 Å². The summed E-state index contributed by atoms with van der Waals surface area (Å²) in [6.07, 6.45) is -4.76. The highest BCUT2D eigenvalue weighted by Gasteiger charge is 2.35. The minimum Gasteiger partial charge on any atom is -0.355 e. The average molecular weight is 631 g/mol. The number of amides is 2. The van der Waals surface area contributed by atoms with Gasteiger partial charge in [-0.2, -0.15) is 13.2 Å². The first-order valence-corrected chi connectivity index (χ1v) is 14.6. The smallest absolute Gasteiger partial charge is 0.355 e.